The van der Waals surface area contributed by atoms with Gasteiger partial charge in [-0.25, -0.2) is 4.98 Å². The molecule has 0 radical (unpaired) electrons. The quantitative estimate of drug-likeness (QED) is 0.831. The van der Waals surface area contributed by atoms with Crippen LogP contribution in [0.3, 0.4) is 0 Å². The van der Waals surface area contributed by atoms with Gasteiger partial charge in [-0.1, -0.05) is 13.8 Å². The van der Waals surface area contributed by atoms with Crippen molar-refractivity contribution in [3.05, 3.63) is 24.1 Å². The van der Waals surface area contributed by atoms with Gasteiger partial charge >= 0.3 is 0 Å². The summed E-state index contributed by atoms with van der Waals surface area (Å²) in [7, 11) is -0.942. The fourth-order valence-corrected chi connectivity index (χ4v) is 2.04. The van der Waals surface area contributed by atoms with E-state index in [9.17, 15) is 4.21 Å². The van der Waals surface area contributed by atoms with Gasteiger partial charge in [-0.2, -0.15) is 0 Å². The first-order chi connectivity index (χ1) is 7.56. The Morgan fingerprint density at radius 2 is 2.25 bits per heavy atom. The van der Waals surface area contributed by atoms with Crippen molar-refractivity contribution in [2.45, 2.75) is 24.9 Å². The molecule has 2 N–H and O–H groups in total. The Balaban J connectivity index is 2.29. The van der Waals surface area contributed by atoms with Crippen LogP contribution in [0.5, 0.6) is 0 Å². The highest BCUT2D eigenvalue weighted by Gasteiger charge is 2.12. The number of hydrogen-bond donors (Lipinski definition) is 1. The summed E-state index contributed by atoms with van der Waals surface area (Å²) in [5.74, 6) is 0.860. The molecule has 1 unspecified atom stereocenters. The van der Waals surface area contributed by atoms with Crippen molar-refractivity contribution in [1.82, 2.24) is 4.98 Å². The smallest absolute Gasteiger partial charge is 0.208 e. The molecule has 2 rings (SSSR count). The number of rotatable bonds is 3. The number of anilines is 1. The maximum Gasteiger partial charge on any atom is 0.208 e. The van der Waals surface area contributed by atoms with E-state index in [1.807, 2.05) is 13.8 Å². The molecule has 0 saturated heterocycles. The van der Waals surface area contributed by atoms with Gasteiger partial charge in [0.1, 0.15) is 11.3 Å². The van der Waals surface area contributed by atoms with E-state index in [0.717, 1.165) is 5.52 Å². The summed E-state index contributed by atoms with van der Waals surface area (Å²) in [4.78, 5) is 4.26. The van der Waals surface area contributed by atoms with Crippen LogP contribution in [-0.2, 0) is 16.6 Å². The zero-order valence-corrected chi connectivity index (χ0v) is 10.1. The molecule has 86 valence electrons. The zero-order valence-electron chi connectivity index (χ0n) is 9.27. The Hall–Kier alpha value is -1.36. The molecule has 0 amide bonds. The van der Waals surface area contributed by atoms with Crippen molar-refractivity contribution in [3.8, 4) is 0 Å². The Kier molecular flexibility index (Phi) is 2.96. The van der Waals surface area contributed by atoms with Crippen LogP contribution in [0.25, 0.3) is 11.1 Å². The van der Waals surface area contributed by atoms with Crippen molar-refractivity contribution < 1.29 is 8.63 Å². The van der Waals surface area contributed by atoms with Crippen molar-refractivity contribution in [2.24, 2.45) is 0 Å². The van der Waals surface area contributed by atoms with Gasteiger partial charge in [0.2, 0.25) is 5.89 Å². The molecule has 5 heteroatoms. The van der Waals surface area contributed by atoms with Crippen molar-refractivity contribution >= 4 is 27.6 Å². The molecular formula is C11H14N2O2S. The van der Waals surface area contributed by atoms with Gasteiger partial charge in [0.15, 0.2) is 5.58 Å². The summed E-state index contributed by atoms with van der Waals surface area (Å²) in [6, 6.07) is 5.30. The van der Waals surface area contributed by atoms with E-state index >= 15 is 0 Å². The topological polar surface area (TPSA) is 69.1 Å². The molecule has 4 nitrogen and oxygen atoms in total. The normalized spacial score (nSPS) is 13.4. The highest BCUT2D eigenvalue weighted by molar-refractivity contribution is 7.84. The van der Waals surface area contributed by atoms with Crippen molar-refractivity contribution in [1.29, 1.82) is 0 Å². The van der Waals surface area contributed by atoms with Crippen molar-refractivity contribution in [2.75, 3.05) is 5.73 Å². The SMILES string of the molecule is CC(C)S(=O)Cc1nc2ccc(N)cc2o1. The second-order valence-electron chi connectivity index (χ2n) is 3.91. The van der Waals surface area contributed by atoms with E-state index in [-0.39, 0.29) is 5.25 Å². The van der Waals surface area contributed by atoms with Crippen LogP contribution < -0.4 is 5.73 Å². The van der Waals surface area contributed by atoms with Crippen LogP contribution in [0.15, 0.2) is 22.6 Å². The minimum atomic E-state index is -0.942. The summed E-state index contributed by atoms with van der Waals surface area (Å²) in [6.45, 7) is 3.83. The van der Waals surface area contributed by atoms with Gasteiger partial charge in [0.05, 0.1) is 0 Å². The first-order valence-electron chi connectivity index (χ1n) is 5.08. The molecule has 1 aromatic carbocycles. The summed E-state index contributed by atoms with van der Waals surface area (Å²) >= 11 is 0. The lowest BCUT2D eigenvalue weighted by molar-refractivity contribution is 0.552. The summed E-state index contributed by atoms with van der Waals surface area (Å²) in [5, 5.41) is 0.111. The van der Waals surface area contributed by atoms with E-state index < -0.39 is 10.8 Å². The molecule has 0 aliphatic heterocycles. The fraction of sp³-hybridized carbons (Fsp3) is 0.364. The van der Waals surface area contributed by atoms with Gasteiger partial charge in [-0.15, -0.1) is 0 Å². The largest absolute Gasteiger partial charge is 0.440 e. The van der Waals surface area contributed by atoms with E-state index in [4.69, 9.17) is 10.2 Å². The van der Waals surface area contributed by atoms with Gasteiger partial charge in [-0.05, 0) is 12.1 Å². The molecule has 16 heavy (non-hydrogen) atoms. The minimum absolute atomic E-state index is 0.111. The Morgan fingerprint density at radius 3 is 2.94 bits per heavy atom. The molecular weight excluding hydrogens is 224 g/mol. The highest BCUT2D eigenvalue weighted by Crippen LogP contribution is 2.19. The van der Waals surface area contributed by atoms with Gasteiger partial charge in [-0.3, -0.25) is 4.21 Å². The maximum absolute atomic E-state index is 11.6. The van der Waals surface area contributed by atoms with E-state index in [1.165, 1.54) is 0 Å². The Morgan fingerprint density at radius 1 is 1.50 bits per heavy atom. The predicted molar refractivity (Wildman–Crippen MR) is 65.4 cm³/mol. The molecule has 0 spiro atoms. The van der Waals surface area contributed by atoms with E-state index in [1.54, 1.807) is 18.2 Å². The number of fused-ring (bicyclic) bond motifs is 1. The summed E-state index contributed by atoms with van der Waals surface area (Å²) in [5.41, 5.74) is 7.68. The lowest BCUT2D eigenvalue weighted by Gasteiger charge is -2.00. The lowest BCUT2D eigenvalue weighted by atomic mass is 10.3. The number of nitrogen functional groups attached to an aromatic ring is 1. The molecule has 1 atom stereocenters. The lowest BCUT2D eigenvalue weighted by Crippen LogP contribution is -2.07. The molecule has 1 aromatic heterocycles. The second kappa shape index (κ2) is 4.25. The van der Waals surface area contributed by atoms with Crippen LogP contribution in [0.4, 0.5) is 5.69 Å². The standard InChI is InChI=1S/C11H14N2O2S/c1-7(2)16(14)6-11-13-9-4-3-8(12)5-10(9)15-11/h3-5,7H,6,12H2,1-2H3. The number of oxazole rings is 1. The fourth-order valence-electron chi connectivity index (χ4n) is 1.34. The Labute approximate surface area is 96.3 Å². The first-order valence-corrected chi connectivity index (χ1v) is 6.46. The minimum Gasteiger partial charge on any atom is -0.440 e. The van der Waals surface area contributed by atoms with Crippen LogP contribution in [0.2, 0.25) is 0 Å². The monoisotopic (exact) mass is 238 g/mol. The maximum atomic E-state index is 11.6. The average Bonchev–Trinajstić information content (AvgIpc) is 2.58. The molecule has 0 aliphatic rings. The third-order valence-corrected chi connectivity index (χ3v) is 3.83. The van der Waals surface area contributed by atoms with Gasteiger partial charge < -0.3 is 10.2 Å². The predicted octanol–water partition coefficient (Wildman–Crippen LogP) is 2.07. The van der Waals surface area contributed by atoms with Crippen LogP contribution in [-0.4, -0.2) is 14.4 Å². The van der Waals surface area contributed by atoms with E-state index in [2.05, 4.69) is 4.98 Å². The van der Waals surface area contributed by atoms with Crippen LogP contribution >= 0.6 is 0 Å². The molecule has 1 heterocycles. The van der Waals surface area contributed by atoms with E-state index in [0.29, 0.717) is 22.9 Å². The molecule has 0 fully saturated rings. The molecule has 2 aromatic rings. The first kappa shape index (κ1) is 11.1. The summed E-state index contributed by atoms with van der Waals surface area (Å²) < 4.78 is 17.1. The number of aromatic nitrogens is 1. The Bertz CT molecular complexity index is 534. The van der Waals surface area contributed by atoms with Crippen LogP contribution in [0, 0.1) is 0 Å². The molecule has 0 saturated carbocycles. The number of nitrogens with two attached hydrogens (primary N) is 1. The van der Waals surface area contributed by atoms with Gasteiger partial charge in [0, 0.05) is 27.8 Å². The molecule has 0 aliphatic carbocycles. The second-order valence-corrected chi connectivity index (χ2v) is 5.90. The highest BCUT2D eigenvalue weighted by atomic mass is 32.2. The summed E-state index contributed by atoms with van der Waals surface area (Å²) in [6.07, 6.45) is 0. The van der Waals surface area contributed by atoms with Gasteiger partial charge in [0.25, 0.3) is 0 Å². The van der Waals surface area contributed by atoms with Crippen molar-refractivity contribution in [3.63, 3.8) is 0 Å². The average molecular weight is 238 g/mol. The zero-order chi connectivity index (χ0) is 11.7. The number of nitrogens with zero attached hydrogens (tertiary/aromatic N) is 1. The third-order valence-electron chi connectivity index (χ3n) is 2.25. The third kappa shape index (κ3) is 2.24. The van der Waals surface area contributed by atoms with Crippen LogP contribution in [0.1, 0.15) is 19.7 Å². The number of hydrogen-bond acceptors (Lipinski definition) is 4. The molecule has 0 bridgehead atoms. The number of benzene rings is 1.